The Morgan fingerprint density at radius 3 is 2.89 bits per heavy atom. The van der Waals surface area contributed by atoms with E-state index in [1.165, 1.54) is 0 Å². The lowest BCUT2D eigenvalue weighted by atomic mass is 9.73. The second-order valence-corrected chi connectivity index (χ2v) is 4.27. The number of nitrogens with zero attached hydrogens (tertiary/aromatic N) is 2. The van der Waals surface area contributed by atoms with Crippen molar-refractivity contribution in [1.82, 2.24) is 10.2 Å². The third kappa shape index (κ3) is 2.67. The van der Waals surface area contributed by atoms with Gasteiger partial charge in [0.05, 0.1) is 23.8 Å². The molecular weight excluding hydrogens is 243 g/mol. The SMILES string of the molecule is OB1OCCc2ccc(NNc3ccnnc3)cc21. The molecule has 7 heteroatoms. The molecule has 0 saturated carbocycles. The van der Waals surface area contributed by atoms with Crippen LogP contribution >= 0.6 is 0 Å². The molecule has 1 aromatic carbocycles. The van der Waals surface area contributed by atoms with Crippen molar-refractivity contribution in [3.63, 3.8) is 0 Å². The van der Waals surface area contributed by atoms with Gasteiger partial charge in [-0.25, -0.2) is 0 Å². The largest absolute Gasteiger partial charge is 0.491 e. The molecule has 1 aliphatic heterocycles. The Kier molecular flexibility index (Phi) is 3.30. The topological polar surface area (TPSA) is 79.3 Å². The average Bonchev–Trinajstić information content (AvgIpc) is 2.47. The molecular formula is C12H13BN4O2. The first-order chi connectivity index (χ1) is 9.33. The van der Waals surface area contributed by atoms with Gasteiger partial charge in [-0.1, -0.05) is 6.07 Å². The highest BCUT2D eigenvalue weighted by Crippen LogP contribution is 2.13. The highest BCUT2D eigenvalue weighted by molar-refractivity contribution is 6.61. The van der Waals surface area contributed by atoms with Gasteiger partial charge >= 0.3 is 7.12 Å². The average molecular weight is 256 g/mol. The van der Waals surface area contributed by atoms with Gasteiger partial charge in [0.1, 0.15) is 0 Å². The third-order valence-electron chi connectivity index (χ3n) is 2.99. The molecule has 3 rings (SSSR count). The zero-order chi connectivity index (χ0) is 13.1. The van der Waals surface area contributed by atoms with E-state index in [0.717, 1.165) is 28.8 Å². The van der Waals surface area contributed by atoms with E-state index in [2.05, 4.69) is 21.0 Å². The van der Waals surface area contributed by atoms with Crippen LogP contribution in [0.1, 0.15) is 5.56 Å². The van der Waals surface area contributed by atoms with Crippen LogP contribution in [-0.4, -0.2) is 28.9 Å². The Morgan fingerprint density at radius 2 is 2.05 bits per heavy atom. The number of fused-ring (bicyclic) bond motifs is 1. The van der Waals surface area contributed by atoms with E-state index in [1.807, 2.05) is 18.2 Å². The van der Waals surface area contributed by atoms with Gasteiger partial charge in [-0.05, 0) is 35.6 Å². The molecule has 0 atom stereocenters. The van der Waals surface area contributed by atoms with E-state index in [9.17, 15) is 5.02 Å². The van der Waals surface area contributed by atoms with Crippen molar-refractivity contribution in [2.45, 2.75) is 6.42 Å². The van der Waals surface area contributed by atoms with Crippen LogP contribution in [0.5, 0.6) is 0 Å². The summed E-state index contributed by atoms with van der Waals surface area (Å²) in [6, 6.07) is 7.63. The fourth-order valence-corrected chi connectivity index (χ4v) is 2.01. The van der Waals surface area contributed by atoms with Crippen LogP contribution in [0, 0.1) is 0 Å². The zero-order valence-corrected chi connectivity index (χ0v) is 10.2. The minimum atomic E-state index is -0.840. The van der Waals surface area contributed by atoms with Crippen molar-refractivity contribution in [3.8, 4) is 0 Å². The maximum absolute atomic E-state index is 9.78. The van der Waals surface area contributed by atoms with Crippen molar-refractivity contribution >= 4 is 24.0 Å². The number of nitrogens with one attached hydrogen (secondary N) is 2. The maximum atomic E-state index is 9.78. The highest BCUT2D eigenvalue weighted by Gasteiger charge is 2.24. The van der Waals surface area contributed by atoms with E-state index in [0.29, 0.717) is 6.61 Å². The van der Waals surface area contributed by atoms with Crippen LogP contribution < -0.4 is 16.3 Å². The van der Waals surface area contributed by atoms with E-state index in [1.54, 1.807) is 18.5 Å². The van der Waals surface area contributed by atoms with E-state index < -0.39 is 7.12 Å². The normalized spacial score (nSPS) is 13.8. The second kappa shape index (κ2) is 5.25. The van der Waals surface area contributed by atoms with Crippen LogP contribution in [0.3, 0.4) is 0 Å². The number of anilines is 2. The van der Waals surface area contributed by atoms with Crippen LogP contribution in [-0.2, 0) is 11.1 Å². The summed E-state index contributed by atoms with van der Waals surface area (Å²) in [5.41, 5.74) is 9.64. The Hall–Kier alpha value is -2.12. The molecule has 6 nitrogen and oxygen atoms in total. The van der Waals surface area contributed by atoms with Crippen LogP contribution in [0.4, 0.5) is 11.4 Å². The summed E-state index contributed by atoms with van der Waals surface area (Å²) in [6.07, 6.45) is 4.05. The Balaban J connectivity index is 1.74. The van der Waals surface area contributed by atoms with Crippen LogP contribution in [0.25, 0.3) is 0 Å². The van der Waals surface area contributed by atoms with Crippen molar-refractivity contribution in [2.24, 2.45) is 0 Å². The molecule has 2 heterocycles. The molecule has 1 aromatic heterocycles. The first kappa shape index (κ1) is 11.9. The van der Waals surface area contributed by atoms with E-state index in [-0.39, 0.29) is 0 Å². The molecule has 0 spiro atoms. The molecule has 0 aliphatic carbocycles. The summed E-state index contributed by atoms with van der Waals surface area (Å²) in [7, 11) is -0.840. The second-order valence-electron chi connectivity index (χ2n) is 4.27. The lowest BCUT2D eigenvalue weighted by Gasteiger charge is -2.20. The molecule has 0 radical (unpaired) electrons. The maximum Gasteiger partial charge on any atom is 0.491 e. The number of aromatic nitrogens is 2. The van der Waals surface area contributed by atoms with Gasteiger partial charge in [-0.3, -0.25) is 5.43 Å². The quantitative estimate of drug-likeness (QED) is 0.537. The molecule has 0 fully saturated rings. The summed E-state index contributed by atoms with van der Waals surface area (Å²) in [4.78, 5) is 0. The van der Waals surface area contributed by atoms with Crippen molar-refractivity contribution in [1.29, 1.82) is 0 Å². The van der Waals surface area contributed by atoms with Crippen molar-refractivity contribution < 1.29 is 9.68 Å². The smallest absolute Gasteiger partial charge is 0.423 e. The molecule has 0 amide bonds. The monoisotopic (exact) mass is 256 g/mol. The lowest BCUT2D eigenvalue weighted by molar-refractivity contribution is 0.266. The molecule has 0 unspecified atom stereocenters. The van der Waals surface area contributed by atoms with Gasteiger partial charge in [0.15, 0.2) is 0 Å². The van der Waals surface area contributed by atoms with Gasteiger partial charge in [-0.15, -0.1) is 0 Å². The number of rotatable bonds is 3. The molecule has 96 valence electrons. The number of benzene rings is 1. The Morgan fingerprint density at radius 1 is 1.16 bits per heavy atom. The Labute approximate surface area is 110 Å². The molecule has 0 saturated heterocycles. The number of hydrogen-bond acceptors (Lipinski definition) is 6. The standard InChI is InChI=1S/C12H13BN4O2/c18-13-12-7-10(2-1-9(12)4-6-19-13)16-17-11-3-5-14-15-8-11/h1-3,5,7-8,16,18H,4,6H2,(H,14,17). The number of hydrazine groups is 1. The van der Waals surface area contributed by atoms with Crippen LogP contribution in [0.15, 0.2) is 36.7 Å². The van der Waals surface area contributed by atoms with Crippen molar-refractivity contribution in [2.75, 3.05) is 17.5 Å². The fraction of sp³-hybridized carbons (Fsp3) is 0.167. The summed E-state index contributed by atoms with van der Waals surface area (Å²) in [6.45, 7) is 0.557. The van der Waals surface area contributed by atoms with Crippen LogP contribution in [0.2, 0.25) is 0 Å². The first-order valence-corrected chi connectivity index (χ1v) is 6.04. The van der Waals surface area contributed by atoms with E-state index in [4.69, 9.17) is 4.65 Å². The summed E-state index contributed by atoms with van der Waals surface area (Å²) in [5, 5.41) is 17.2. The molecule has 1 aliphatic rings. The van der Waals surface area contributed by atoms with Gasteiger partial charge < -0.3 is 15.1 Å². The predicted octanol–water partition coefficient (Wildman–Crippen LogP) is 0.176. The molecule has 19 heavy (non-hydrogen) atoms. The van der Waals surface area contributed by atoms with Gasteiger partial charge in [0, 0.05) is 6.61 Å². The zero-order valence-electron chi connectivity index (χ0n) is 10.2. The van der Waals surface area contributed by atoms with Crippen molar-refractivity contribution in [3.05, 3.63) is 42.2 Å². The Bertz CT molecular complexity index is 567. The minimum absolute atomic E-state index is 0.557. The van der Waals surface area contributed by atoms with Gasteiger partial charge in [0.25, 0.3) is 0 Å². The fourth-order valence-electron chi connectivity index (χ4n) is 2.01. The predicted molar refractivity (Wildman–Crippen MR) is 73.0 cm³/mol. The van der Waals surface area contributed by atoms with Gasteiger partial charge in [-0.2, -0.15) is 10.2 Å². The van der Waals surface area contributed by atoms with E-state index >= 15 is 0 Å². The minimum Gasteiger partial charge on any atom is -0.423 e. The lowest BCUT2D eigenvalue weighted by Crippen LogP contribution is -2.41. The summed E-state index contributed by atoms with van der Waals surface area (Å²) in [5.74, 6) is 0. The first-order valence-electron chi connectivity index (χ1n) is 6.04. The molecule has 0 bridgehead atoms. The molecule has 2 aromatic rings. The highest BCUT2D eigenvalue weighted by atomic mass is 16.5. The third-order valence-corrected chi connectivity index (χ3v) is 2.99. The summed E-state index contributed by atoms with van der Waals surface area (Å²) < 4.78 is 5.21. The summed E-state index contributed by atoms with van der Waals surface area (Å²) >= 11 is 0. The molecule has 3 N–H and O–H groups in total. The van der Waals surface area contributed by atoms with Gasteiger partial charge in [0.2, 0.25) is 0 Å². The number of hydrogen-bond donors (Lipinski definition) is 3.